The van der Waals surface area contributed by atoms with Gasteiger partial charge in [0.15, 0.2) is 0 Å². The minimum atomic E-state index is -0.164. The lowest BCUT2D eigenvalue weighted by Crippen LogP contribution is -2.54. The first-order valence-corrected chi connectivity index (χ1v) is 14.4. The zero-order valence-electron chi connectivity index (χ0n) is 24.4. The first-order chi connectivity index (χ1) is 21.6. The van der Waals surface area contributed by atoms with Crippen LogP contribution in [0.1, 0.15) is 5.56 Å². The summed E-state index contributed by atoms with van der Waals surface area (Å²) < 4.78 is 41.9. The molecule has 0 aliphatic carbocycles. The zero-order valence-corrected chi connectivity index (χ0v) is 24.4. The fourth-order valence-electron chi connectivity index (χ4n) is 5.79. The lowest BCUT2D eigenvalue weighted by molar-refractivity contribution is -0.0472. The van der Waals surface area contributed by atoms with Gasteiger partial charge in [0, 0.05) is 30.5 Å². The molecule has 0 N–H and O–H groups in total. The van der Waals surface area contributed by atoms with Crippen LogP contribution in [0.15, 0.2) is 55.1 Å². The summed E-state index contributed by atoms with van der Waals surface area (Å²) in [6, 6.07) is 11.7. The van der Waals surface area contributed by atoms with Gasteiger partial charge in [-0.05, 0) is 24.3 Å². The Balaban J connectivity index is 0.990. The molecule has 0 bridgehead atoms. The van der Waals surface area contributed by atoms with Gasteiger partial charge in [-0.15, -0.1) is 0 Å². The highest BCUT2D eigenvalue weighted by atomic mass is 16.6. The molecule has 0 amide bonds. The highest BCUT2D eigenvalue weighted by Crippen LogP contribution is 2.33. The van der Waals surface area contributed by atoms with Gasteiger partial charge in [-0.25, -0.2) is 14.5 Å². The summed E-state index contributed by atoms with van der Waals surface area (Å²) in [4.78, 5) is 11.0. The van der Waals surface area contributed by atoms with E-state index in [1.165, 1.54) is 0 Å². The second kappa shape index (κ2) is 12.3. The number of nitrogens with zero attached hydrogens (tertiary/aromatic N) is 6. The smallest absolute Gasteiger partial charge is 0.213 e. The molecule has 3 aliphatic rings. The molecule has 4 atom stereocenters. The molecule has 13 nitrogen and oxygen atoms in total. The van der Waals surface area contributed by atoms with Crippen molar-refractivity contribution in [2.45, 2.75) is 30.5 Å². The summed E-state index contributed by atoms with van der Waals surface area (Å²) >= 11 is 0. The summed E-state index contributed by atoms with van der Waals surface area (Å²) in [5.74, 6) is 2.69. The van der Waals surface area contributed by atoms with Gasteiger partial charge in [-0.3, -0.25) is 0 Å². The minimum Gasteiger partial charge on any atom is -0.490 e. The summed E-state index contributed by atoms with van der Waals surface area (Å²) in [7, 11) is 3.25. The lowest BCUT2D eigenvalue weighted by Gasteiger charge is -2.39. The quantitative estimate of drug-likeness (QED) is 0.234. The Hall–Kier alpha value is -4.48. The molecule has 0 aromatic carbocycles. The third-order valence-electron chi connectivity index (χ3n) is 8.11. The van der Waals surface area contributed by atoms with Gasteiger partial charge in [0.2, 0.25) is 5.88 Å². The maximum atomic E-state index is 9.73. The molecule has 4 aromatic heterocycles. The van der Waals surface area contributed by atoms with Crippen molar-refractivity contribution in [2.75, 3.05) is 58.6 Å². The Bertz CT molecular complexity index is 1630. The highest BCUT2D eigenvalue weighted by molar-refractivity contribution is 5.85. The summed E-state index contributed by atoms with van der Waals surface area (Å²) in [6.45, 7) is 3.07. The summed E-state index contributed by atoms with van der Waals surface area (Å²) in [6.07, 6.45) is 6.37. The SMILES string of the molecule is COc1ccc(OC2CN(c3ccc(-c4cc(OCCO[C@@H]5CO[C@H]6[C@@H]5OC[C@H]6OC)cn5ncc(C#N)c45)cn3)C2)cn1. The van der Waals surface area contributed by atoms with Crippen LogP contribution < -0.4 is 19.1 Å². The molecule has 0 unspecified atom stereocenters. The van der Waals surface area contributed by atoms with E-state index in [1.807, 2.05) is 24.3 Å². The normalized spacial score (nSPS) is 22.9. The number of anilines is 1. The number of methoxy groups -OCH3 is 2. The Morgan fingerprint density at radius 1 is 0.955 bits per heavy atom. The highest BCUT2D eigenvalue weighted by Gasteiger charge is 2.48. The number of hydrogen-bond donors (Lipinski definition) is 0. The van der Waals surface area contributed by atoms with Crippen molar-refractivity contribution in [2.24, 2.45) is 0 Å². The van der Waals surface area contributed by atoms with Gasteiger partial charge in [0.25, 0.3) is 0 Å². The Morgan fingerprint density at radius 3 is 2.52 bits per heavy atom. The standard InChI is InChI=1S/C31H32N6O7/c1-38-25-17-42-31-26(18-43-30(25)31)41-8-7-40-22-9-24(29-20(10-32)12-35-37(29)16-22)19-3-5-27(33-11-19)36-14-23(15-36)44-21-4-6-28(39-2)34-13-21/h3-6,9,11-13,16,23,25-26,30-31H,7-8,14-15,17-18H2,1-2H3/t25-,26-,30-,31-/m1/s1. The number of rotatable bonds is 11. The molecule has 3 aliphatic heterocycles. The number of fused-ring (bicyclic) bond motifs is 2. The predicted octanol–water partition coefficient (Wildman–Crippen LogP) is 2.52. The maximum absolute atomic E-state index is 9.73. The number of pyridine rings is 3. The van der Waals surface area contributed by atoms with Crippen molar-refractivity contribution in [1.29, 1.82) is 5.26 Å². The molecule has 7 heterocycles. The molecule has 4 aromatic rings. The van der Waals surface area contributed by atoms with E-state index in [2.05, 4.69) is 21.1 Å². The molecule has 3 saturated heterocycles. The maximum Gasteiger partial charge on any atom is 0.213 e. The van der Waals surface area contributed by atoms with Crippen LogP contribution >= 0.6 is 0 Å². The van der Waals surface area contributed by atoms with Crippen molar-refractivity contribution < 1.29 is 33.2 Å². The van der Waals surface area contributed by atoms with Crippen LogP contribution in [0.2, 0.25) is 0 Å². The molecule has 7 rings (SSSR count). The van der Waals surface area contributed by atoms with Crippen LogP contribution in [0.5, 0.6) is 17.4 Å². The van der Waals surface area contributed by atoms with E-state index in [0.29, 0.717) is 68.0 Å². The monoisotopic (exact) mass is 600 g/mol. The summed E-state index contributed by atoms with van der Waals surface area (Å²) in [5, 5.41) is 14.1. The molecule has 0 saturated carbocycles. The number of aromatic nitrogens is 4. The van der Waals surface area contributed by atoms with Crippen molar-refractivity contribution >= 4 is 11.3 Å². The van der Waals surface area contributed by atoms with E-state index in [4.69, 9.17) is 38.1 Å². The molecule has 13 heteroatoms. The van der Waals surface area contributed by atoms with E-state index in [1.54, 1.807) is 49.6 Å². The van der Waals surface area contributed by atoms with E-state index in [-0.39, 0.29) is 30.5 Å². The fourth-order valence-corrected chi connectivity index (χ4v) is 5.79. The van der Waals surface area contributed by atoms with Crippen molar-refractivity contribution in [1.82, 2.24) is 19.6 Å². The van der Waals surface area contributed by atoms with Crippen LogP contribution in [0.4, 0.5) is 5.82 Å². The second-order valence-electron chi connectivity index (χ2n) is 10.8. The predicted molar refractivity (Wildman–Crippen MR) is 156 cm³/mol. The van der Waals surface area contributed by atoms with Crippen LogP contribution in [0.3, 0.4) is 0 Å². The Labute approximate surface area is 253 Å². The minimum absolute atomic E-state index is 0.0460. The molecule has 44 heavy (non-hydrogen) atoms. The largest absolute Gasteiger partial charge is 0.490 e. The molecular weight excluding hydrogens is 568 g/mol. The fraction of sp³-hybridized carbons (Fsp3) is 0.419. The molecule has 3 fully saturated rings. The van der Waals surface area contributed by atoms with E-state index < -0.39 is 0 Å². The van der Waals surface area contributed by atoms with E-state index >= 15 is 0 Å². The van der Waals surface area contributed by atoms with Crippen molar-refractivity contribution in [3.8, 4) is 34.6 Å². The van der Waals surface area contributed by atoms with Gasteiger partial charge < -0.3 is 38.1 Å². The van der Waals surface area contributed by atoms with Crippen LogP contribution in [0, 0.1) is 11.3 Å². The average molecular weight is 601 g/mol. The van der Waals surface area contributed by atoms with Crippen LogP contribution in [-0.2, 0) is 18.9 Å². The average Bonchev–Trinajstić information content (AvgIpc) is 3.76. The number of hydrogen-bond acceptors (Lipinski definition) is 12. The van der Waals surface area contributed by atoms with Gasteiger partial charge in [-0.2, -0.15) is 10.4 Å². The third-order valence-corrected chi connectivity index (χ3v) is 8.11. The molecular formula is C31H32N6O7. The van der Waals surface area contributed by atoms with E-state index in [9.17, 15) is 5.26 Å². The molecule has 228 valence electrons. The first-order valence-electron chi connectivity index (χ1n) is 14.4. The van der Waals surface area contributed by atoms with Crippen LogP contribution in [0.25, 0.3) is 16.6 Å². The van der Waals surface area contributed by atoms with Gasteiger partial charge in [0.1, 0.15) is 60.5 Å². The number of nitriles is 1. The van der Waals surface area contributed by atoms with Gasteiger partial charge in [0.05, 0.1) is 69.7 Å². The third kappa shape index (κ3) is 5.48. The zero-order chi connectivity index (χ0) is 30.0. The Kier molecular flexibility index (Phi) is 7.88. The molecule has 0 radical (unpaired) electrons. The van der Waals surface area contributed by atoms with E-state index in [0.717, 1.165) is 16.9 Å². The van der Waals surface area contributed by atoms with Gasteiger partial charge in [-0.1, -0.05) is 0 Å². The molecule has 0 spiro atoms. The first kappa shape index (κ1) is 28.3. The topological polar surface area (TPSA) is 135 Å². The second-order valence-corrected chi connectivity index (χ2v) is 10.8. The van der Waals surface area contributed by atoms with Crippen LogP contribution in [-0.4, -0.2) is 104 Å². The number of ether oxygens (including phenoxy) is 7. The lowest BCUT2D eigenvalue weighted by atomic mass is 10.0. The van der Waals surface area contributed by atoms with Crippen molar-refractivity contribution in [3.05, 3.63) is 60.7 Å². The van der Waals surface area contributed by atoms with Gasteiger partial charge >= 0.3 is 0 Å². The Morgan fingerprint density at radius 2 is 1.80 bits per heavy atom. The summed E-state index contributed by atoms with van der Waals surface area (Å²) in [5.41, 5.74) is 2.80. The van der Waals surface area contributed by atoms with Crippen molar-refractivity contribution in [3.63, 3.8) is 0 Å².